The number of ether oxygens (including phenoxy) is 4. The molecule has 2 rings (SSSR count). The normalized spacial score (nSPS) is 16.4. The van der Waals surface area contributed by atoms with Crippen LogP contribution < -0.4 is 15.4 Å². The molecule has 1 fully saturated rings. The van der Waals surface area contributed by atoms with Crippen LogP contribution >= 0.6 is 24.0 Å². The van der Waals surface area contributed by atoms with E-state index in [0.717, 1.165) is 49.8 Å². The fraction of sp³-hybridized carbons (Fsp3) is 0.667. The molecule has 1 aliphatic rings. The molecule has 0 bridgehead atoms. The van der Waals surface area contributed by atoms with Crippen molar-refractivity contribution in [3.63, 3.8) is 0 Å². The van der Waals surface area contributed by atoms with E-state index < -0.39 is 0 Å². The third kappa shape index (κ3) is 10.5. The zero-order chi connectivity index (χ0) is 20.0. The Morgan fingerprint density at radius 1 is 1.24 bits per heavy atom. The Bertz CT molecular complexity index is 595. The van der Waals surface area contributed by atoms with Gasteiger partial charge in [-0.25, -0.2) is 4.99 Å². The summed E-state index contributed by atoms with van der Waals surface area (Å²) in [4.78, 5) is 4.72. The molecule has 0 aliphatic carbocycles. The van der Waals surface area contributed by atoms with E-state index in [4.69, 9.17) is 23.9 Å². The third-order valence-corrected chi connectivity index (χ3v) is 4.35. The van der Waals surface area contributed by atoms with Gasteiger partial charge in [0, 0.05) is 38.8 Å². The summed E-state index contributed by atoms with van der Waals surface area (Å²) in [5, 5.41) is 6.64. The predicted molar refractivity (Wildman–Crippen MR) is 127 cm³/mol. The van der Waals surface area contributed by atoms with Crippen LogP contribution in [-0.4, -0.2) is 65.3 Å². The molecule has 1 unspecified atom stereocenters. The molecule has 7 nitrogen and oxygen atoms in total. The van der Waals surface area contributed by atoms with Crippen LogP contribution in [0, 0.1) is 6.92 Å². The highest BCUT2D eigenvalue weighted by Gasteiger charge is 2.18. The maximum Gasteiger partial charge on any atom is 0.191 e. The van der Waals surface area contributed by atoms with E-state index in [-0.39, 0.29) is 30.1 Å². The van der Waals surface area contributed by atoms with E-state index in [9.17, 15) is 0 Å². The molecule has 166 valence electrons. The lowest BCUT2D eigenvalue weighted by molar-refractivity contribution is 0.0698. The van der Waals surface area contributed by atoms with Crippen LogP contribution in [0.2, 0.25) is 0 Å². The first-order chi connectivity index (χ1) is 13.7. The molecule has 1 heterocycles. The summed E-state index contributed by atoms with van der Waals surface area (Å²) in [6.07, 6.45) is 1.98. The lowest BCUT2D eigenvalue weighted by atomic mass is 10.1. The fourth-order valence-corrected chi connectivity index (χ4v) is 2.82. The van der Waals surface area contributed by atoms with Crippen LogP contribution in [-0.2, 0) is 20.8 Å². The van der Waals surface area contributed by atoms with Gasteiger partial charge in [0.25, 0.3) is 0 Å². The first-order valence-corrected chi connectivity index (χ1v) is 10.2. The van der Waals surface area contributed by atoms with Gasteiger partial charge in [0.15, 0.2) is 5.96 Å². The maximum absolute atomic E-state index is 6.16. The van der Waals surface area contributed by atoms with Gasteiger partial charge < -0.3 is 29.6 Å². The Morgan fingerprint density at radius 2 is 2.10 bits per heavy atom. The van der Waals surface area contributed by atoms with Crippen molar-refractivity contribution in [1.29, 1.82) is 0 Å². The standard InChI is InChI=1S/C21H35N3O4.HI/c1-4-22-21(23-9-5-10-26-13-12-25-3)24-15-18-7-6-17(2)14-20(18)28-19-8-11-27-16-19;/h6-7,14,19H,4-5,8-13,15-16H2,1-3H3,(H2,22,23,24);1H. The molecule has 0 saturated carbocycles. The van der Waals surface area contributed by atoms with Crippen molar-refractivity contribution in [1.82, 2.24) is 10.6 Å². The van der Waals surface area contributed by atoms with Crippen LogP contribution in [0.5, 0.6) is 5.75 Å². The topological polar surface area (TPSA) is 73.3 Å². The summed E-state index contributed by atoms with van der Waals surface area (Å²) in [5.41, 5.74) is 2.26. The summed E-state index contributed by atoms with van der Waals surface area (Å²) in [6.45, 7) is 9.70. The Kier molecular flexibility index (Phi) is 14.0. The molecule has 1 aromatic carbocycles. The van der Waals surface area contributed by atoms with Gasteiger partial charge in [-0.3, -0.25) is 0 Å². The Hall–Kier alpha value is -1.10. The molecule has 1 atom stereocenters. The minimum absolute atomic E-state index is 0. The number of aliphatic imine (C=N–C) groups is 1. The number of benzene rings is 1. The van der Waals surface area contributed by atoms with Crippen molar-refractivity contribution in [3.05, 3.63) is 29.3 Å². The second kappa shape index (κ2) is 15.7. The van der Waals surface area contributed by atoms with Crippen molar-refractivity contribution < 1.29 is 18.9 Å². The van der Waals surface area contributed by atoms with Crippen LogP contribution in [0.1, 0.15) is 30.9 Å². The first-order valence-electron chi connectivity index (χ1n) is 10.2. The average Bonchev–Trinajstić information content (AvgIpc) is 3.19. The van der Waals surface area contributed by atoms with Crippen molar-refractivity contribution in [2.24, 2.45) is 4.99 Å². The average molecular weight is 521 g/mol. The van der Waals surface area contributed by atoms with Crippen LogP contribution in [0.25, 0.3) is 0 Å². The number of aryl methyl sites for hydroxylation is 1. The number of hydrogen-bond donors (Lipinski definition) is 2. The van der Waals surface area contributed by atoms with Crippen LogP contribution in [0.3, 0.4) is 0 Å². The Morgan fingerprint density at radius 3 is 2.83 bits per heavy atom. The zero-order valence-electron chi connectivity index (χ0n) is 17.9. The number of hydrogen-bond acceptors (Lipinski definition) is 5. The minimum Gasteiger partial charge on any atom is -0.488 e. The molecule has 0 aromatic heterocycles. The largest absolute Gasteiger partial charge is 0.488 e. The van der Waals surface area contributed by atoms with Gasteiger partial charge in [-0.15, -0.1) is 24.0 Å². The molecule has 1 aromatic rings. The van der Waals surface area contributed by atoms with Gasteiger partial charge in [-0.1, -0.05) is 12.1 Å². The number of guanidine groups is 1. The highest BCUT2D eigenvalue weighted by Crippen LogP contribution is 2.24. The fourth-order valence-electron chi connectivity index (χ4n) is 2.82. The van der Waals surface area contributed by atoms with E-state index in [1.807, 2.05) is 0 Å². The maximum atomic E-state index is 6.16. The van der Waals surface area contributed by atoms with Gasteiger partial charge >= 0.3 is 0 Å². The molecule has 29 heavy (non-hydrogen) atoms. The molecular formula is C21H36IN3O4. The Balaban J connectivity index is 0.00000420. The van der Waals surface area contributed by atoms with Crippen molar-refractivity contribution >= 4 is 29.9 Å². The number of rotatable bonds is 12. The highest BCUT2D eigenvalue weighted by atomic mass is 127. The van der Waals surface area contributed by atoms with Gasteiger partial charge in [0.1, 0.15) is 11.9 Å². The second-order valence-electron chi connectivity index (χ2n) is 6.80. The molecule has 2 N–H and O–H groups in total. The molecule has 0 amide bonds. The summed E-state index contributed by atoms with van der Waals surface area (Å²) >= 11 is 0. The molecule has 0 radical (unpaired) electrons. The predicted octanol–water partition coefficient (Wildman–Crippen LogP) is 2.89. The summed E-state index contributed by atoms with van der Waals surface area (Å²) in [6, 6.07) is 6.28. The van der Waals surface area contributed by atoms with Gasteiger partial charge in [-0.2, -0.15) is 0 Å². The lowest BCUT2D eigenvalue weighted by Crippen LogP contribution is -2.38. The van der Waals surface area contributed by atoms with Gasteiger partial charge in [0.2, 0.25) is 0 Å². The SMILES string of the molecule is CCNC(=NCc1ccc(C)cc1OC1CCOC1)NCCCOCCOC.I. The number of nitrogens with zero attached hydrogens (tertiary/aromatic N) is 1. The number of halogens is 1. The van der Waals surface area contributed by atoms with E-state index in [1.54, 1.807) is 7.11 Å². The summed E-state index contributed by atoms with van der Waals surface area (Å²) in [7, 11) is 1.68. The molecule has 1 saturated heterocycles. The van der Waals surface area contributed by atoms with E-state index in [0.29, 0.717) is 33.0 Å². The van der Waals surface area contributed by atoms with Gasteiger partial charge in [0.05, 0.1) is 33.0 Å². The molecule has 1 aliphatic heterocycles. The van der Waals surface area contributed by atoms with E-state index in [2.05, 4.69) is 42.7 Å². The van der Waals surface area contributed by atoms with Gasteiger partial charge in [-0.05, 0) is 31.9 Å². The van der Waals surface area contributed by atoms with E-state index in [1.165, 1.54) is 5.56 Å². The molecule has 0 spiro atoms. The summed E-state index contributed by atoms with van der Waals surface area (Å²) in [5.74, 6) is 1.71. The Labute approximate surface area is 191 Å². The zero-order valence-corrected chi connectivity index (χ0v) is 20.2. The molecule has 8 heteroatoms. The summed E-state index contributed by atoms with van der Waals surface area (Å²) < 4.78 is 22.0. The third-order valence-electron chi connectivity index (χ3n) is 4.35. The smallest absolute Gasteiger partial charge is 0.191 e. The van der Waals surface area contributed by atoms with Crippen molar-refractivity contribution in [3.8, 4) is 5.75 Å². The number of methoxy groups -OCH3 is 1. The van der Waals surface area contributed by atoms with Crippen LogP contribution in [0.15, 0.2) is 23.2 Å². The highest BCUT2D eigenvalue weighted by molar-refractivity contribution is 14.0. The number of nitrogens with one attached hydrogen (secondary N) is 2. The lowest BCUT2D eigenvalue weighted by Gasteiger charge is -2.16. The van der Waals surface area contributed by atoms with Crippen LogP contribution in [0.4, 0.5) is 0 Å². The second-order valence-corrected chi connectivity index (χ2v) is 6.80. The molecular weight excluding hydrogens is 485 g/mol. The first kappa shape index (κ1) is 25.9. The minimum atomic E-state index is 0. The van der Waals surface area contributed by atoms with E-state index >= 15 is 0 Å². The van der Waals surface area contributed by atoms with Crippen molar-refractivity contribution in [2.75, 3.05) is 53.2 Å². The van der Waals surface area contributed by atoms with Crippen molar-refractivity contribution in [2.45, 2.75) is 39.3 Å². The quantitative estimate of drug-likeness (QED) is 0.191. The monoisotopic (exact) mass is 521 g/mol.